The molecule has 6 nitrogen and oxygen atoms in total. The highest BCUT2D eigenvalue weighted by molar-refractivity contribution is 5.92. The molecule has 0 spiro atoms. The van der Waals surface area contributed by atoms with Crippen LogP contribution in [0.1, 0.15) is 16.7 Å². The summed E-state index contributed by atoms with van der Waals surface area (Å²) in [7, 11) is 1.58. The van der Waals surface area contributed by atoms with Gasteiger partial charge < -0.3 is 19.2 Å². The number of carbonyl (C=O) groups excluding carboxylic acids is 1. The van der Waals surface area contributed by atoms with Crippen LogP contribution in [-0.2, 0) is 4.79 Å². The van der Waals surface area contributed by atoms with Crippen molar-refractivity contribution in [1.29, 1.82) is 0 Å². The number of carbonyl (C=O) groups is 1. The molecule has 0 aliphatic carbocycles. The first kappa shape index (κ1) is 18.5. The van der Waals surface area contributed by atoms with Crippen molar-refractivity contribution < 1.29 is 18.7 Å². The molecule has 0 aliphatic heterocycles. The second-order valence-corrected chi connectivity index (χ2v) is 6.27. The Kier molecular flexibility index (Phi) is 5.16. The van der Waals surface area contributed by atoms with Crippen molar-refractivity contribution in [2.45, 2.75) is 20.8 Å². The van der Waals surface area contributed by atoms with Gasteiger partial charge in [-0.3, -0.25) is 4.79 Å². The van der Waals surface area contributed by atoms with Crippen molar-refractivity contribution in [3.05, 3.63) is 63.5 Å². The molecule has 0 bridgehead atoms. The van der Waals surface area contributed by atoms with Gasteiger partial charge in [-0.15, -0.1) is 0 Å². The van der Waals surface area contributed by atoms with E-state index in [2.05, 4.69) is 5.32 Å². The highest BCUT2D eigenvalue weighted by Gasteiger charge is 2.13. The standard InChI is InChI=1S/C21H21NO5/c1-12-13(2)21(24)27-20-14(3)18(10-9-17(12)20)26-11-19(23)22-15-5-7-16(25-4)8-6-15/h5-10H,11H2,1-4H3,(H,22,23). The van der Waals surface area contributed by atoms with Gasteiger partial charge in [-0.05, 0) is 62.7 Å². The average Bonchev–Trinajstić information content (AvgIpc) is 2.67. The SMILES string of the molecule is COc1ccc(NC(=O)COc2ccc3c(C)c(C)c(=O)oc3c2C)cc1. The Balaban J connectivity index is 1.74. The smallest absolute Gasteiger partial charge is 0.339 e. The number of methoxy groups -OCH3 is 1. The lowest BCUT2D eigenvalue weighted by Gasteiger charge is -2.12. The molecule has 1 heterocycles. The third kappa shape index (κ3) is 3.79. The minimum atomic E-state index is -0.363. The number of anilines is 1. The van der Waals surface area contributed by atoms with E-state index < -0.39 is 0 Å². The van der Waals surface area contributed by atoms with Crippen molar-refractivity contribution in [2.75, 3.05) is 19.0 Å². The molecule has 0 fully saturated rings. The summed E-state index contributed by atoms with van der Waals surface area (Å²) in [6, 6.07) is 10.6. The Labute approximate surface area is 156 Å². The zero-order valence-electron chi connectivity index (χ0n) is 15.7. The lowest BCUT2D eigenvalue weighted by atomic mass is 10.0. The van der Waals surface area contributed by atoms with E-state index in [0.717, 1.165) is 10.9 Å². The molecule has 140 valence electrons. The highest BCUT2D eigenvalue weighted by Crippen LogP contribution is 2.29. The number of fused-ring (bicyclic) bond motifs is 1. The van der Waals surface area contributed by atoms with E-state index >= 15 is 0 Å². The van der Waals surface area contributed by atoms with Crippen molar-refractivity contribution in [3.63, 3.8) is 0 Å². The Morgan fingerprint density at radius 1 is 1.00 bits per heavy atom. The maximum atomic E-state index is 12.1. The summed E-state index contributed by atoms with van der Waals surface area (Å²) in [5, 5.41) is 3.61. The van der Waals surface area contributed by atoms with Crippen molar-refractivity contribution in [2.24, 2.45) is 0 Å². The second-order valence-electron chi connectivity index (χ2n) is 6.27. The Hall–Kier alpha value is -3.28. The molecule has 0 saturated heterocycles. The third-order valence-corrected chi connectivity index (χ3v) is 4.56. The van der Waals surface area contributed by atoms with E-state index in [1.54, 1.807) is 51.3 Å². The number of amides is 1. The van der Waals surface area contributed by atoms with Crippen LogP contribution >= 0.6 is 0 Å². The topological polar surface area (TPSA) is 77.8 Å². The van der Waals surface area contributed by atoms with Gasteiger partial charge in [0.05, 0.1) is 7.11 Å². The Morgan fingerprint density at radius 3 is 2.37 bits per heavy atom. The van der Waals surface area contributed by atoms with Gasteiger partial charge in [-0.25, -0.2) is 4.79 Å². The Morgan fingerprint density at radius 2 is 1.70 bits per heavy atom. The number of hydrogen-bond donors (Lipinski definition) is 1. The van der Waals surface area contributed by atoms with Gasteiger partial charge in [0.25, 0.3) is 5.91 Å². The molecule has 0 atom stereocenters. The predicted octanol–water partition coefficient (Wildman–Crippen LogP) is 3.74. The summed E-state index contributed by atoms with van der Waals surface area (Å²) in [4.78, 5) is 24.1. The van der Waals surface area contributed by atoms with E-state index in [0.29, 0.717) is 33.9 Å². The summed E-state index contributed by atoms with van der Waals surface area (Å²) in [5.41, 5.74) is 2.93. The molecule has 0 aliphatic rings. The lowest BCUT2D eigenvalue weighted by molar-refractivity contribution is -0.118. The van der Waals surface area contributed by atoms with Gasteiger partial charge in [0.2, 0.25) is 0 Å². The molecule has 1 aromatic heterocycles. The number of hydrogen-bond acceptors (Lipinski definition) is 5. The first-order valence-electron chi connectivity index (χ1n) is 8.51. The van der Waals surface area contributed by atoms with E-state index in [9.17, 15) is 9.59 Å². The van der Waals surface area contributed by atoms with E-state index in [1.165, 1.54) is 0 Å². The molecule has 3 rings (SSSR count). The first-order chi connectivity index (χ1) is 12.9. The molecule has 0 unspecified atom stereocenters. The molecular formula is C21H21NO5. The van der Waals surface area contributed by atoms with Gasteiger partial charge in [0.1, 0.15) is 17.1 Å². The molecule has 0 radical (unpaired) electrons. The molecule has 2 aromatic carbocycles. The van der Waals surface area contributed by atoms with Crippen LogP contribution in [0.15, 0.2) is 45.6 Å². The van der Waals surface area contributed by atoms with Crippen LogP contribution in [0.4, 0.5) is 5.69 Å². The van der Waals surface area contributed by atoms with Gasteiger partial charge in [0.15, 0.2) is 6.61 Å². The summed E-state index contributed by atoms with van der Waals surface area (Å²) >= 11 is 0. The second kappa shape index (κ2) is 7.53. The summed E-state index contributed by atoms with van der Waals surface area (Å²) < 4.78 is 16.1. The quantitative estimate of drug-likeness (QED) is 0.695. The molecule has 1 N–H and O–H groups in total. The van der Waals surface area contributed by atoms with Gasteiger partial charge >= 0.3 is 5.63 Å². The zero-order valence-corrected chi connectivity index (χ0v) is 15.7. The summed E-state index contributed by atoms with van der Waals surface area (Å²) in [6.45, 7) is 5.27. The van der Waals surface area contributed by atoms with Gasteiger partial charge in [-0.1, -0.05) is 0 Å². The minimum Gasteiger partial charge on any atom is -0.497 e. The normalized spacial score (nSPS) is 10.7. The lowest BCUT2D eigenvalue weighted by Crippen LogP contribution is -2.20. The number of nitrogens with one attached hydrogen (secondary N) is 1. The molecule has 3 aromatic rings. The van der Waals surface area contributed by atoms with Gasteiger partial charge in [-0.2, -0.15) is 0 Å². The molecule has 1 amide bonds. The van der Waals surface area contributed by atoms with Crippen LogP contribution in [0.25, 0.3) is 11.0 Å². The average molecular weight is 367 g/mol. The first-order valence-corrected chi connectivity index (χ1v) is 8.51. The number of benzene rings is 2. The maximum absolute atomic E-state index is 12.1. The summed E-state index contributed by atoms with van der Waals surface area (Å²) in [6.07, 6.45) is 0. The van der Waals surface area contributed by atoms with Crippen LogP contribution in [0, 0.1) is 20.8 Å². The number of rotatable bonds is 5. The van der Waals surface area contributed by atoms with E-state index in [1.807, 2.05) is 13.0 Å². The monoisotopic (exact) mass is 367 g/mol. The molecule has 0 saturated carbocycles. The number of ether oxygens (including phenoxy) is 2. The fraction of sp³-hybridized carbons (Fsp3) is 0.238. The molecule has 6 heteroatoms. The largest absolute Gasteiger partial charge is 0.497 e. The zero-order chi connectivity index (χ0) is 19.6. The van der Waals surface area contributed by atoms with E-state index in [4.69, 9.17) is 13.9 Å². The fourth-order valence-electron chi connectivity index (χ4n) is 2.80. The molecule has 27 heavy (non-hydrogen) atoms. The Bertz CT molecular complexity index is 1050. The summed E-state index contributed by atoms with van der Waals surface area (Å²) in [5.74, 6) is 0.919. The predicted molar refractivity (Wildman–Crippen MR) is 104 cm³/mol. The van der Waals surface area contributed by atoms with Gasteiger partial charge in [0, 0.05) is 22.2 Å². The minimum absolute atomic E-state index is 0.159. The highest BCUT2D eigenvalue weighted by atomic mass is 16.5. The van der Waals surface area contributed by atoms with Crippen LogP contribution in [-0.4, -0.2) is 19.6 Å². The van der Waals surface area contributed by atoms with Crippen molar-refractivity contribution in [1.82, 2.24) is 0 Å². The van der Waals surface area contributed by atoms with Crippen LogP contribution in [0.5, 0.6) is 11.5 Å². The van der Waals surface area contributed by atoms with Crippen molar-refractivity contribution in [3.8, 4) is 11.5 Å². The van der Waals surface area contributed by atoms with Crippen LogP contribution in [0.3, 0.4) is 0 Å². The number of aryl methyl sites for hydroxylation is 2. The fourth-order valence-corrected chi connectivity index (χ4v) is 2.80. The molecular weight excluding hydrogens is 346 g/mol. The maximum Gasteiger partial charge on any atom is 0.339 e. The van der Waals surface area contributed by atoms with Crippen LogP contribution in [0.2, 0.25) is 0 Å². The van der Waals surface area contributed by atoms with Crippen molar-refractivity contribution >= 4 is 22.6 Å². The van der Waals surface area contributed by atoms with Crippen LogP contribution < -0.4 is 20.4 Å². The van der Waals surface area contributed by atoms with E-state index in [-0.39, 0.29) is 18.1 Å². The third-order valence-electron chi connectivity index (χ3n) is 4.56.